The highest BCUT2D eigenvalue weighted by atomic mass is 32.1. The number of alkyl halides is 3. The lowest BCUT2D eigenvalue weighted by atomic mass is 9.99. The molecule has 0 aliphatic rings. The molecule has 0 radical (unpaired) electrons. The zero-order chi connectivity index (χ0) is 14.3. The summed E-state index contributed by atoms with van der Waals surface area (Å²) in [5, 5.41) is 0.262. The fourth-order valence-electron chi connectivity index (χ4n) is 2.08. The van der Waals surface area contributed by atoms with Crippen LogP contribution in [0.2, 0.25) is 0 Å². The van der Waals surface area contributed by atoms with E-state index in [4.69, 9.17) is 5.73 Å². The quantitative estimate of drug-likeness (QED) is 0.714. The van der Waals surface area contributed by atoms with Crippen LogP contribution in [-0.2, 0) is 6.18 Å². The summed E-state index contributed by atoms with van der Waals surface area (Å²) >= 11 is 1.05. The Hall–Kier alpha value is -2.08. The third-order valence-electron chi connectivity index (χ3n) is 2.93. The fourth-order valence-corrected chi connectivity index (χ4v) is 2.84. The normalized spacial score (nSPS) is 11.9. The first-order chi connectivity index (χ1) is 9.45. The van der Waals surface area contributed by atoms with E-state index in [9.17, 15) is 13.2 Å². The Morgan fingerprint density at radius 2 is 1.75 bits per heavy atom. The molecule has 0 atom stereocenters. The van der Waals surface area contributed by atoms with Crippen molar-refractivity contribution in [1.29, 1.82) is 0 Å². The second-order valence-electron chi connectivity index (χ2n) is 4.28. The van der Waals surface area contributed by atoms with Gasteiger partial charge in [0.15, 0.2) is 5.13 Å². The van der Waals surface area contributed by atoms with Gasteiger partial charge in [-0.05, 0) is 23.3 Å². The maximum Gasteiger partial charge on any atom is 0.417 e. The van der Waals surface area contributed by atoms with Crippen molar-refractivity contribution >= 4 is 26.7 Å². The summed E-state index contributed by atoms with van der Waals surface area (Å²) in [4.78, 5) is 4.05. The van der Waals surface area contributed by atoms with E-state index in [0.717, 1.165) is 17.4 Å². The molecule has 2 nitrogen and oxygen atoms in total. The van der Waals surface area contributed by atoms with Crippen molar-refractivity contribution in [3.8, 4) is 11.1 Å². The molecular weight excluding hydrogens is 285 g/mol. The lowest BCUT2D eigenvalue weighted by Gasteiger charge is -2.13. The minimum absolute atomic E-state index is 0.121. The number of aromatic nitrogens is 1. The molecule has 3 aromatic rings. The minimum atomic E-state index is -4.42. The van der Waals surface area contributed by atoms with E-state index < -0.39 is 11.7 Å². The molecule has 0 bridgehead atoms. The highest BCUT2D eigenvalue weighted by Gasteiger charge is 2.34. The third kappa shape index (κ3) is 2.22. The lowest BCUT2D eigenvalue weighted by molar-refractivity contribution is -0.137. The number of benzene rings is 2. The highest BCUT2D eigenvalue weighted by molar-refractivity contribution is 7.22. The molecule has 20 heavy (non-hydrogen) atoms. The molecule has 1 heterocycles. The van der Waals surface area contributed by atoms with Gasteiger partial charge in [-0.3, -0.25) is 0 Å². The topological polar surface area (TPSA) is 38.9 Å². The van der Waals surface area contributed by atoms with Crippen molar-refractivity contribution in [1.82, 2.24) is 4.98 Å². The van der Waals surface area contributed by atoms with Gasteiger partial charge in [0, 0.05) is 0 Å². The van der Waals surface area contributed by atoms with Crippen LogP contribution in [0.5, 0.6) is 0 Å². The first kappa shape index (κ1) is 12.9. The zero-order valence-corrected chi connectivity index (χ0v) is 10.9. The van der Waals surface area contributed by atoms with Crippen molar-refractivity contribution in [2.75, 3.05) is 5.73 Å². The molecule has 0 unspecified atom stereocenters. The predicted octanol–water partition coefficient (Wildman–Crippen LogP) is 4.56. The molecule has 0 aliphatic carbocycles. The van der Waals surface area contributed by atoms with E-state index in [1.807, 2.05) is 0 Å². The van der Waals surface area contributed by atoms with Gasteiger partial charge in [-0.2, -0.15) is 13.2 Å². The number of hydrogen-bond acceptors (Lipinski definition) is 3. The van der Waals surface area contributed by atoms with E-state index >= 15 is 0 Å². The third-order valence-corrected chi connectivity index (χ3v) is 3.78. The van der Waals surface area contributed by atoms with Gasteiger partial charge in [0.2, 0.25) is 0 Å². The summed E-state index contributed by atoms with van der Waals surface area (Å²) in [5.41, 5.74) is 6.01. The van der Waals surface area contributed by atoms with E-state index in [2.05, 4.69) is 4.98 Å². The van der Waals surface area contributed by atoms with Crippen molar-refractivity contribution in [3.63, 3.8) is 0 Å². The van der Waals surface area contributed by atoms with Crippen LogP contribution in [0.4, 0.5) is 18.3 Å². The predicted molar refractivity (Wildman–Crippen MR) is 74.5 cm³/mol. The van der Waals surface area contributed by atoms with Gasteiger partial charge in [0.05, 0.1) is 15.8 Å². The summed E-state index contributed by atoms with van der Waals surface area (Å²) in [6.45, 7) is 0. The smallest absolute Gasteiger partial charge is 0.375 e. The zero-order valence-electron chi connectivity index (χ0n) is 10.1. The summed E-state index contributed by atoms with van der Waals surface area (Å²) in [5.74, 6) is 0. The van der Waals surface area contributed by atoms with Gasteiger partial charge in [-0.1, -0.05) is 41.7 Å². The van der Waals surface area contributed by atoms with Crippen LogP contribution in [-0.4, -0.2) is 4.98 Å². The Kier molecular flexibility index (Phi) is 2.90. The number of nitrogens with zero attached hydrogens (tertiary/aromatic N) is 1. The number of thiazole rings is 1. The van der Waals surface area contributed by atoms with Gasteiger partial charge >= 0.3 is 6.18 Å². The number of fused-ring (bicyclic) bond motifs is 1. The molecule has 0 fully saturated rings. The number of hydrogen-bond donors (Lipinski definition) is 1. The number of nitrogens with two attached hydrogens (primary N) is 1. The van der Waals surface area contributed by atoms with Crippen molar-refractivity contribution < 1.29 is 13.2 Å². The highest BCUT2D eigenvalue weighted by Crippen LogP contribution is 2.40. The molecule has 0 amide bonds. The summed E-state index contributed by atoms with van der Waals surface area (Å²) in [6.07, 6.45) is -4.42. The summed E-state index contributed by atoms with van der Waals surface area (Å²) in [6, 6.07) is 11.0. The number of halogens is 3. The molecule has 0 saturated heterocycles. The van der Waals surface area contributed by atoms with Crippen LogP contribution in [0.25, 0.3) is 21.3 Å². The molecular formula is C14H9F3N2S. The van der Waals surface area contributed by atoms with E-state index in [-0.39, 0.29) is 10.7 Å². The van der Waals surface area contributed by atoms with Gasteiger partial charge in [-0.15, -0.1) is 0 Å². The monoisotopic (exact) mass is 294 g/mol. The molecule has 2 N–H and O–H groups in total. The second kappa shape index (κ2) is 4.49. The molecule has 0 saturated carbocycles. The van der Waals surface area contributed by atoms with Crippen LogP contribution >= 0.6 is 11.3 Å². The van der Waals surface area contributed by atoms with Crippen LogP contribution in [0.15, 0.2) is 42.5 Å². The van der Waals surface area contributed by atoms with Crippen LogP contribution in [0.1, 0.15) is 5.56 Å². The molecule has 6 heteroatoms. The number of rotatable bonds is 1. The lowest BCUT2D eigenvalue weighted by Crippen LogP contribution is -2.07. The fraction of sp³-hybridized carbons (Fsp3) is 0.0714. The van der Waals surface area contributed by atoms with Gasteiger partial charge in [-0.25, -0.2) is 4.98 Å². The van der Waals surface area contributed by atoms with Crippen LogP contribution < -0.4 is 5.73 Å². The Balaban J connectivity index is 2.33. The van der Waals surface area contributed by atoms with Crippen LogP contribution in [0.3, 0.4) is 0 Å². The maximum atomic E-state index is 13.2. The SMILES string of the molecule is Nc1nc2cc(-c3ccccc3)c(C(F)(F)F)cc2s1. The van der Waals surface area contributed by atoms with Crippen molar-refractivity contribution in [3.05, 3.63) is 48.0 Å². The molecule has 3 rings (SSSR count). The van der Waals surface area contributed by atoms with Gasteiger partial charge in [0.1, 0.15) is 0 Å². The molecule has 2 aromatic carbocycles. The second-order valence-corrected chi connectivity index (χ2v) is 5.34. The van der Waals surface area contributed by atoms with E-state index in [1.54, 1.807) is 30.3 Å². The summed E-state index contributed by atoms with van der Waals surface area (Å²) < 4.78 is 40.1. The Morgan fingerprint density at radius 3 is 2.40 bits per heavy atom. The Morgan fingerprint density at radius 1 is 1.05 bits per heavy atom. The molecule has 102 valence electrons. The standard InChI is InChI=1S/C14H9F3N2S/c15-14(16,17)10-7-12-11(19-13(18)20-12)6-9(10)8-4-2-1-3-5-8/h1-7H,(H2,18,19). The summed E-state index contributed by atoms with van der Waals surface area (Å²) in [7, 11) is 0. The number of anilines is 1. The minimum Gasteiger partial charge on any atom is -0.375 e. The van der Waals surface area contributed by atoms with Crippen molar-refractivity contribution in [2.24, 2.45) is 0 Å². The first-order valence-corrected chi connectivity index (χ1v) is 6.59. The average molecular weight is 294 g/mol. The van der Waals surface area contributed by atoms with E-state index in [0.29, 0.717) is 15.8 Å². The van der Waals surface area contributed by atoms with Gasteiger partial charge < -0.3 is 5.73 Å². The van der Waals surface area contributed by atoms with Gasteiger partial charge in [0.25, 0.3) is 0 Å². The molecule has 0 aliphatic heterocycles. The first-order valence-electron chi connectivity index (χ1n) is 5.78. The maximum absolute atomic E-state index is 13.2. The van der Waals surface area contributed by atoms with E-state index in [1.165, 1.54) is 6.07 Å². The molecule has 1 aromatic heterocycles. The van der Waals surface area contributed by atoms with Crippen LogP contribution in [0, 0.1) is 0 Å². The van der Waals surface area contributed by atoms with Crippen molar-refractivity contribution in [2.45, 2.75) is 6.18 Å². The largest absolute Gasteiger partial charge is 0.417 e. The molecule has 0 spiro atoms. The number of nitrogen functional groups attached to an aromatic ring is 1. The Bertz CT molecular complexity index is 763. The average Bonchev–Trinajstić information content (AvgIpc) is 2.76. The Labute approximate surface area is 116 Å².